The van der Waals surface area contributed by atoms with Crippen molar-refractivity contribution >= 4 is 5.91 Å². The zero-order valence-electron chi connectivity index (χ0n) is 12.8. The zero-order valence-corrected chi connectivity index (χ0v) is 12.8. The molecule has 1 amide bonds. The SMILES string of the molecule is CC(C)(C)[C@H](Cn1ccnc1)NC(=O)CCc1cn[nH]c1. The summed E-state index contributed by atoms with van der Waals surface area (Å²) in [6, 6.07) is 0.0588. The molecule has 0 aliphatic carbocycles. The number of hydrogen-bond donors (Lipinski definition) is 2. The average Bonchev–Trinajstić information content (AvgIpc) is 3.07. The number of amides is 1. The quantitative estimate of drug-likeness (QED) is 0.851. The van der Waals surface area contributed by atoms with Gasteiger partial charge in [0.15, 0.2) is 0 Å². The number of aryl methyl sites for hydroxylation is 1. The normalized spacial score (nSPS) is 13.1. The Hall–Kier alpha value is -2.11. The number of H-pyrrole nitrogens is 1. The van der Waals surface area contributed by atoms with Gasteiger partial charge in [-0.15, -0.1) is 0 Å². The van der Waals surface area contributed by atoms with Gasteiger partial charge in [0.25, 0.3) is 0 Å². The van der Waals surface area contributed by atoms with Crippen LogP contribution in [0.1, 0.15) is 32.8 Å². The van der Waals surface area contributed by atoms with Crippen LogP contribution in [0.5, 0.6) is 0 Å². The fourth-order valence-electron chi connectivity index (χ4n) is 2.08. The summed E-state index contributed by atoms with van der Waals surface area (Å²) in [6.45, 7) is 7.11. The number of carbonyl (C=O) groups is 1. The average molecular weight is 289 g/mol. The van der Waals surface area contributed by atoms with Crippen LogP contribution < -0.4 is 5.32 Å². The van der Waals surface area contributed by atoms with Crippen LogP contribution in [-0.2, 0) is 17.8 Å². The molecule has 2 heterocycles. The van der Waals surface area contributed by atoms with E-state index in [1.165, 1.54) is 0 Å². The molecular weight excluding hydrogens is 266 g/mol. The van der Waals surface area contributed by atoms with Crippen molar-refractivity contribution in [1.82, 2.24) is 25.1 Å². The first-order valence-corrected chi connectivity index (χ1v) is 7.18. The summed E-state index contributed by atoms with van der Waals surface area (Å²) < 4.78 is 1.99. The minimum atomic E-state index is -0.0183. The lowest BCUT2D eigenvalue weighted by Gasteiger charge is -2.31. The van der Waals surface area contributed by atoms with Crippen LogP contribution in [0.25, 0.3) is 0 Å². The van der Waals surface area contributed by atoms with Crippen LogP contribution in [0.15, 0.2) is 31.1 Å². The molecule has 0 spiro atoms. The highest BCUT2D eigenvalue weighted by Crippen LogP contribution is 2.21. The maximum Gasteiger partial charge on any atom is 0.220 e. The van der Waals surface area contributed by atoms with Crippen molar-refractivity contribution in [2.75, 3.05) is 0 Å². The molecule has 1 atom stereocenters. The van der Waals surface area contributed by atoms with Crippen LogP contribution in [0.4, 0.5) is 0 Å². The van der Waals surface area contributed by atoms with E-state index in [4.69, 9.17) is 0 Å². The Morgan fingerprint density at radius 3 is 2.86 bits per heavy atom. The van der Waals surface area contributed by atoms with Gasteiger partial charge in [-0.1, -0.05) is 20.8 Å². The van der Waals surface area contributed by atoms with Gasteiger partial charge in [-0.3, -0.25) is 9.89 Å². The largest absolute Gasteiger partial charge is 0.351 e. The van der Waals surface area contributed by atoms with Gasteiger partial charge in [-0.25, -0.2) is 4.98 Å². The molecule has 0 unspecified atom stereocenters. The van der Waals surface area contributed by atoms with E-state index in [0.717, 1.165) is 12.1 Å². The molecule has 21 heavy (non-hydrogen) atoms. The van der Waals surface area contributed by atoms with Gasteiger partial charge in [-0.2, -0.15) is 5.10 Å². The molecule has 2 aromatic heterocycles. The van der Waals surface area contributed by atoms with Crippen LogP contribution in [0, 0.1) is 5.41 Å². The molecule has 0 saturated heterocycles. The summed E-state index contributed by atoms with van der Waals surface area (Å²) in [5, 5.41) is 9.78. The second-order valence-corrected chi connectivity index (χ2v) is 6.35. The van der Waals surface area contributed by atoms with E-state index in [1.807, 2.05) is 17.0 Å². The van der Waals surface area contributed by atoms with Crippen molar-refractivity contribution in [3.05, 3.63) is 36.7 Å². The topological polar surface area (TPSA) is 75.6 Å². The van der Waals surface area contributed by atoms with E-state index in [-0.39, 0.29) is 17.4 Å². The summed E-state index contributed by atoms with van der Waals surface area (Å²) in [4.78, 5) is 16.2. The van der Waals surface area contributed by atoms with Crippen molar-refractivity contribution in [2.24, 2.45) is 5.41 Å². The Labute approximate surface area is 125 Å². The maximum atomic E-state index is 12.2. The summed E-state index contributed by atoms with van der Waals surface area (Å²) in [7, 11) is 0. The molecule has 114 valence electrons. The molecule has 0 aromatic carbocycles. The molecule has 0 aliphatic heterocycles. The molecule has 2 aromatic rings. The smallest absolute Gasteiger partial charge is 0.220 e. The number of aromatic amines is 1. The Morgan fingerprint density at radius 2 is 2.29 bits per heavy atom. The lowest BCUT2D eigenvalue weighted by atomic mass is 9.86. The van der Waals surface area contributed by atoms with Gasteiger partial charge < -0.3 is 9.88 Å². The monoisotopic (exact) mass is 289 g/mol. The van der Waals surface area contributed by atoms with Crippen molar-refractivity contribution in [3.8, 4) is 0 Å². The van der Waals surface area contributed by atoms with Crippen molar-refractivity contribution in [1.29, 1.82) is 0 Å². The van der Waals surface area contributed by atoms with Crippen LogP contribution in [-0.4, -0.2) is 31.7 Å². The van der Waals surface area contributed by atoms with Gasteiger partial charge in [-0.05, 0) is 17.4 Å². The van der Waals surface area contributed by atoms with Crippen LogP contribution >= 0.6 is 0 Å². The van der Waals surface area contributed by atoms with Crippen molar-refractivity contribution in [2.45, 2.75) is 46.2 Å². The van der Waals surface area contributed by atoms with E-state index >= 15 is 0 Å². The molecule has 0 saturated carbocycles. The minimum absolute atomic E-state index is 0.0183. The number of carbonyl (C=O) groups excluding carboxylic acids is 1. The molecule has 0 fully saturated rings. The highest BCUT2D eigenvalue weighted by Gasteiger charge is 2.26. The van der Waals surface area contributed by atoms with E-state index in [1.54, 1.807) is 18.7 Å². The third-order valence-corrected chi connectivity index (χ3v) is 3.53. The lowest BCUT2D eigenvalue weighted by Crippen LogP contribution is -2.46. The number of hydrogen-bond acceptors (Lipinski definition) is 3. The second-order valence-electron chi connectivity index (χ2n) is 6.35. The number of nitrogens with one attached hydrogen (secondary N) is 2. The third-order valence-electron chi connectivity index (χ3n) is 3.53. The second kappa shape index (κ2) is 6.56. The Morgan fingerprint density at radius 1 is 1.48 bits per heavy atom. The van der Waals surface area contributed by atoms with E-state index in [9.17, 15) is 4.79 Å². The van der Waals surface area contributed by atoms with Crippen LogP contribution in [0.3, 0.4) is 0 Å². The Bertz CT molecular complexity index is 539. The third kappa shape index (κ3) is 4.73. The number of imidazole rings is 1. The Kier molecular flexibility index (Phi) is 4.77. The van der Waals surface area contributed by atoms with Gasteiger partial charge >= 0.3 is 0 Å². The fourth-order valence-corrected chi connectivity index (χ4v) is 2.08. The summed E-state index contributed by atoms with van der Waals surface area (Å²) in [5.41, 5.74) is 1.03. The van der Waals surface area contributed by atoms with Gasteiger partial charge in [0, 0.05) is 31.6 Å². The van der Waals surface area contributed by atoms with Crippen LogP contribution in [0.2, 0.25) is 0 Å². The summed E-state index contributed by atoms with van der Waals surface area (Å²) in [6.07, 6.45) is 10.2. The first-order valence-electron chi connectivity index (χ1n) is 7.18. The predicted octanol–water partition coefficient (Wildman–Crippen LogP) is 1.77. The summed E-state index contributed by atoms with van der Waals surface area (Å²) >= 11 is 0. The molecule has 0 bridgehead atoms. The predicted molar refractivity (Wildman–Crippen MR) is 80.5 cm³/mol. The minimum Gasteiger partial charge on any atom is -0.351 e. The highest BCUT2D eigenvalue weighted by molar-refractivity contribution is 5.76. The molecule has 6 nitrogen and oxygen atoms in total. The standard InChI is InChI=1S/C15H23N5O/c1-15(2,3)13(10-20-7-6-16-11-20)19-14(21)5-4-12-8-17-18-9-12/h6-9,11,13H,4-5,10H2,1-3H3,(H,17,18)(H,19,21)/t13-/m0/s1. The van der Waals surface area contributed by atoms with E-state index in [0.29, 0.717) is 12.8 Å². The first-order chi connectivity index (χ1) is 9.95. The lowest BCUT2D eigenvalue weighted by molar-refractivity contribution is -0.122. The zero-order chi connectivity index (χ0) is 15.3. The Balaban J connectivity index is 1.90. The van der Waals surface area contributed by atoms with Gasteiger partial charge in [0.1, 0.15) is 0 Å². The number of nitrogens with zero attached hydrogens (tertiary/aromatic N) is 3. The molecule has 0 aliphatic rings. The number of aromatic nitrogens is 4. The van der Waals surface area contributed by atoms with E-state index < -0.39 is 0 Å². The molecule has 6 heteroatoms. The molecule has 2 rings (SSSR count). The van der Waals surface area contributed by atoms with Gasteiger partial charge in [0.2, 0.25) is 5.91 Å². The highest BCUT2D eigenvalue weighted by atomic mass is 16.1. The van der Waals surface area contributed by atoms with E-state index in [2.05, 4.69) is 41.3 Å². The summed E-state index contributed by atoms with van der Waals surface area (Å²) in [5.74, 6) is 0.0660. The van der Waals surface area contributed by atoms with Crippen molar-refractivity contribution < 1.29 is 4.79 Å². The molecule has 0 radical (unpaired) electrons. The molecular formula is C15H23N5O. The fraction of sp³-hybridized carbons (Fsp3) is 0.533. The molecule has 2 N–H and O–H groups in total. The number of rotatable bonds is 6. The van der Waals surface area contributed by atoms with Gasteiger partial charge in [0.05, 0.1) is 18.6 Å². The maximum absolute atomic E-state index is 12.2. The first kappa shape index (κ1) is 15.3. The van der Waals surface area contributed by atoms with Crippen molar-refractivity contribution in [3.63, 3.8) is 0 Å².